The Morgan fingerprint density at radius 2 is 2.37 bits per heavy atom. The normalized spacial score (nSPS) is 10.2. The molecule has 0 fully saturated rings. The van der Waals surface area contributed by atoms with E-state index >= 15 is 0 Å². The minimum absolute atomic E-state index is 0.0473. The molecule has 0 radical (unpaired) electrons. The summed E-state index contributed by atoms with van der Waals surface area (Å²) in [5.41, 5.74) is 0.660. The lowest BCUT2D eigenvalue weighted by Crippen LogP contribution is -2.29. The Labute approximate surface area is 114 Å². The Balaban J connectivity index is 2.25. The van der Waals surface area contributed by atoms with Crippen molar-refractivity contribution in [1.82, 2.24) is 4.98 Å². The number of aromatic nitrogens is 2. The van der Waals surface area contributed by atoms with Crippen LogP contribution in [0.3, 0.4) is 0 Å². The zero-order valence-electron chi connectivity index (χ0n) is 10.5. The summed E-state index contributed by atoms with van der Waals surface area (Å²) in [6.07, 6.45) is 1.89. The van der Waals surface area contributed by atoms with E-state index < -0.39 is 5.97 Å². The summed E-state index contributed by atoms with van der Waals surface area (Å²) >= 11 is 1.21. The average Bonchev–Trinajstić information content (AvgIpc) is 2.84. The molecule has 19 heavy (non-hydrogen) atoms. The first-order valence-electron chi connectivity index (χ1n) is 5.73. The maximum atomic E-state index is 12.0. The quantitative estimate of drug-likeness (QED) is 0.522. The fourth-order valence-electron chi connectivity index (χ4n) is 1.49. The van der Waals surface area contributed by atoms with Crippen LogP contribution in [-0.2, 0) is 6.42 Å². The molecule has 7 heteroatoms. The van der Waals surface area contributed by atoms with Gasteiger partial charge in [0.2, 0.25) is 0 Å². The molecule has 0 atom stereocenters. The molecule has 0 aliphatic heterocycles. The second kappa shape index (κ2) is 5.66. The number of esters is 1. The van der Waals surface area contributed by atoms with E-state index in [9.17, 15) is 10.0 Å². The zero-order chi connectivity index (χ0) is 13.8. The molecule has 6 nitrogen and oxygen atoms in total. The molecule has 0 spiro atoms. The van der Waals surface area contributed by atoms with Crippen molar-refractivity contribution in [3.05, 3.63) is 40.2 Å². The van der Waals surface area contributed by atoms with Crippen LogP contribution < -0.4 is 14.8 Å². The van der Waals surface area contributed by atoms with E-state index in [1.165, 1.54) is 23.6 Å². The first kappa shape index (κ1) is 13.3. The minimum Gasteiger partial charge on any atom is -0.616 e. The highest BCUT2D eigenvalue weighted by molar-refractivity contribution is 7.17. The molecule has 2 aromatic heterocycles. The molecule has 0 unspecified atom stereocenters. The molecule has 0 bridgehead atoms. The van der Waals surface area contributed by atoms with E-state index in [-0.39, 0.29) is 5.88 Å². The van der Waals surface area contributed by atoms with Gasteiger partial charge in [-0.3, -0.25) is 0 Å². The van der Waals surface area contributed by atoms with Gasteiger partial charge in [-0.1, -0.05) is 18.3 Å². The van der Waals surface area contributed by atoms with Gasteiger partial charge in [0.15, 0.2) is 11.3 Å². The van der Waals surface area contributed by atoms with Crippen LogP contribution in [0.1, 0.15) is 22.3 Å². The molecule has 0 amide bonds. The predicted molar refractivity (Wildman–Crippen MR) is 71.4 cm³/mol. The van der Waals surface area contributed by atoms with Gasteiger partial charge in [-0.2, -0.15) is 0 Å². The summed E-state index contributed by atoms with van der Waals surface area (Å²) in [7, 11) is 1.73. The zero-order valence-corrected chi connectivity index (χ0v) is 11.4. The summed E-state index contributed by atoms with van der Waals surface area (Å²) in [6, 6.07) is 4.63. The lowest BCUT2D eigenvalue weighted by atomic mass is 10.3. The number of nitrogens with zero attached hydrogens (tertiary/aromatic N) is 2. The number of anilines is 1. The lowest BCUT2D eigenvalue weighted by Gasteiger charge is -2.03. The van der Waals surface area contributed by atoms with Crippen LogP contribution in [0.5, 0.6) is 5.88 Å². The summed E-state index contributed by atoms with van der Waals surface area (Å²) in [6.45, 7) is 1.90. The van der Waals surface area contributed by atoms with E-state index in [2.05, 4.69) is 10.3 Å². The van der Waals surface area contributed by atoms with Crippen molar-refractivity contribution in [2.24, 2.45) is 0 Å². The smallest absolute Gasteiger partial charge is 0.387 e. The number of carbonyl (C=O) groups excluding carboxylic acids is 1. The molecule has 2 aromatic rings. The fraction of sp³-hybridized carbons (Fsp3) is 0.250. The molecule has 0 aliphatic carbocycles. The van der Waals surface area contributed by atoms with Gasteiger partial charge in [0, 0.05) is 13.1 Å². The molecular formula is C12H13N3O3S. The van der Waals surface area contributed by atoms with Gasteiger partial charge in [0.1, 0.15) is 4.88 Å². The lowest BCUT2D eigenvalue weighted by molar-refractivity contribution is -0.610. The molecule has 2 heterocycles. The van der Waals surface area contributed by atoms with Gasteiger partial charge in [0.25, 0.3) is 0 Å². The number of aryl methyl sites for hydroxylation is 1. The van der Waals surface area contributed by atoms with Crippen LogP contribution in [0.25, 0.3) is 0 Å². The number of rotatable bonds is 4. The highest BCUT2D eigenvalue weighted by Crippen LogP contribution is 2.24. The second-order valence-corrected chi connectivity index (χ2v) is 4.65. The van der Waals surface area contributed by atoms with Crippen molar-refractivity contribution in [3.8, 4) is 5.88 Å². The highest BCUT2D eigenvalue weighted by atomic mass is 32.1. The number of hydrogen-bond acceptors (Lipinski definition) is 6. The maximum Gasteiger partial charge on any atom is 0.387 e. The van der Waals surface area contributed by atoms with Crippen LogP contribution in [0.15, 0.2) is 24.4 Å². The van der Waals surface area contributed by atoms with Crippen LogP contribution in [0.4, 0.5) is 5.13 Å². The fourth-order valence-corrected chi connectivity index (χ4v) is 2.37. The van der Waals surface area contributed by atoms with E-state index in [1.54, 1.807) is 19.2 Å². The van der Waals surface area contributed by atoms with Crippen LogP contribution in [0, 0.1) is 5.21 Å². The summed E-state index contributed by atoms with van der Waals surface area (Å²) in [4.78, 5) is 16.7. The molecular weight excluding hydrogens is 266 g/mol. The third-order valence-corrected chi connectivity index (χ3v) is 3.51. The molecule has 100 valence electrons. The Bertz CT molecular complexity index is 598. The molecule has 0 saturated heterocycles. The van der Waals surface area contributed by atoms with Gasteiger partial charge in [-0.15, -0.1) is 4.73 Å². The van der Waals surface area contributed by atoms with E-state index in [0.717, 1.165) is 0 Å². The van der Waals surface area contributed by atoms with Crippen molar-refractivity contribution in [2.45, 2.75) is 13.3 Å². The highest BCUT2D eigenvalue weighted by Gasteiger charge is 2.21. The third kappa shape index (κ3) is 2.82. The first-order valence-corrected chi connectivity index (χ1v) is 6.55. The van der Waals surface area contributed by atoms with E-state index in [0.29, 0.717) is 26.9 Å². The number of pyridine rings is 1. The SMILES string of the molecule is CCc1nc(NC)sc1C(=O)Oc1cccc[n+]1[O-]. The molecule has 2 rings (SSSR count). The van der Waals surface area contributed by atoms with Crippen LogP contribution >= 0.6 is 11.3 Å². The number of thiazole rings is 1. The molecule has 0 aromatic carbocycles. The molecule has 0 aliphatic rings. The Morgan fingerprint density at radius 1 is 1.58 bits per heavy atom. The van der Waals surface area contributed by atoms with Gasteiger partial charge in [-0.25, -0.2) is 9.78 Å². The number of ether oxygens (including phenoxy) is 1. The maximum absolute atomic E-state index is 12.0. The number of carbonyl (C=O) groups is 1. The number of hydrogen-bond donors (Lipinski definition) is 1. The van der Waals surface area contributed by atoms with E-state index in [1.807, 2.05) is 6.92 Å². The summed E-state index contributed by atoms with van der Waals surface area (Å²) in [5, 5.41) is 14.9. The Morgan fingerprint density at radius 3 is 3.00 bits per heavy atom. The average molecular weight is 279 g/mol. The largest absolute Gasteiger partial charge is 0.616 e. The van der Waals surface area contributed by atoms with Gasteiger partial charge in [-0.05, 0) is 12.5 Å². The van der Waals surface area contributed by atoms with E-state index in [4.69, 9.17) is 4.74 Å². The minimum atomic E-state index is -0.563. The summed E-state index contributed by atoms with van der Waals surface area (Å²) < 4.78 is 5.59. The van der Waals surface area contributed by atoms with Crippen LogP contribution in [0.2, 0.25) is 0 Å². The van der Waals surface area contributed by atoms with Gasteiger partial charge in [0.05, 0.1) is 11.8 Å². The van der Waals surface area contributed by atoms with Crippen molar-refractivity contribution in [3.63, 3.8) is 0 Å². The standard InChI is InChI=1S/C12H13N3O3S/c1-3-8-10(19-12(13-2)14-8)11(16)18-9-6-4-5-7-15(9)17/h4-7H,3H2,1-2H3,(H,13,14). The first-order chi connectivity index (χ1) is 9.15. The van der Waals surface area contributed by atoms with Crippen molar-refractivity contribution in [2.75, 3.05) is 12.4 Å². The van der Waals surface area contributed by atoms with Gasteiger partial charge >= 0.3 is 11.8 Å². The summed E-state index contributed by atoms with van der Waals surface area (Å²) in [5.74, 6) is -0.611. The van der Waals surface area contributed by atoms with Gasteiger partial charge < -0.3 is 15.3 Å². The topological polar surface area (TPSA) is 78.2 Å². The predicted octanol–water partition coefficient (Wildman–Crippen LogP) is 1.60. The molecule has 1 N–H and O–H groups in total. The number of nitrogens with one attached hydrogen (secondary N) is 1. The Kier molecular flexibility index (Phi) is 3.96. The van der Waals surface area contributed by atoms with Crippen LogP contribution in [-0.4, -0.2) is 18.0 Å². The second-order valence-electron chi connectivity index (χ2n) is 3.65. The molecule has 0 saturated carbocycles. The van der Waals surface area contributed by atoms with Crippen molar-refractivity contribution >= 4 is 22.4 Å². The monoisotopic (exact) mass is 279 g/mol. The third-order valence-electron chi connectivity index (χ3n) is 2.42. The van der Waals surface area contributed by atoms with Crippen molar-refractivity contribution < 1.29 is 14.3 Å². The Hall–Kier alpha value is -2.15. The van der Waals surface area contributed by atoms with Crippen molar-refractivity contribution in [1.29, 1.82) is 0 Å².